The molecule has 0 amide bonds. The standard InChI is InChI=1S/C14H22ClN3O2/c1-9(2)8-18-13(19)12(15)11(7-16-18)17-14(4)5-6-20-10(14)3/h7,9-10,17H,5-6,8H2,1-4H3. The highest BCUT2D eigenvalue weighted by atomic mass is 35.5. The van der Waals surface area contributed by atoms with Crippen molar-refractivity contribution in [3.05, 3.63) is 21.6 Å². The average Bonchev–Trinajstić information content (AvgIpc) is 2.69. The van der Waals surface area contributed by atoms with Crippen molar-refractivity contribution in [2.75, 3.05) is 11.9 Å². The summed E-state index contributed by atoms with van der Waals surface area (Å²) < 4.78 is 6.99. The Morgan fingerprint density at radius 1 is 1.65 bits per heavy atom. The molecule has 0 radical (unpaired) electrons. The minimum atomic E-state index is -0.250. The van der Waals surface area contributed by atoms with Crippen LogP contribution in [0.15, 0.2) is 11.0 Å². The zero-order chi connectivity index (χ0) is 14.9. The first kappa shape index (κ1) is 15.3. The van der Waals surface area contributed by atoms with Crippen LogP contribution in [0.3, 0.4) is 0 Å². The number of hydrogen-bond acceptors (Lipinski definition) is 4. The molecular weight excluding hydrogens is 278 g/mol. The van der Waals surface area contributed by atoms with E-state index < -0.39 is 0 Å². The smallest absolute Gasteiger partial charge is 0.287 e. The molecule has 112 valence electrons. The van der Waals surface area contributed by atoms with Crippen LogP contribution in [0.1, 0.15) is 34.1 Å². The Kier molecular flexibility index (Phi) is 4.39. The lowest BCUT2D eigenvalue weighted by molar-refractivity contribution is 0.105. The van der Waals surface area contributed by atoms with E-state index >= 15 is 0 Å². The molecular formula is C14H22ClN3O2. The van der Waals surface area contributed by atoms with Crippen molar-refractivity contribution in [1.82, 2.24) is 9.78 Å². The van der Waals surface area contributed by atoms with Crippen molar-refractivity contribution in [2.45, 2.75) is 52.3 Å². The highest BCUT2D eigenvalue weighted by Gasteiger charge is 2.37. The molecule has 0 aromatic carbocycles. The Balaban J connectivity index is 2.26. The van der Waals surface area contributed by atoms with E-state index in [0.717, 1.165) is 6.42 Å². The van der Waals surface area contributed by atoms with Gasteiger partial charge in [0.2, 0.25) is 0 Å². The van der Waals surface area contributed by atoms with E-state index in [1.165, 1.54) is 4.68 Å². The van der Waals surface area contributed by atoms with E-state index in [1.54, 1.807) is 6.20 Å². The van der Waals surface area contributed by atoms with Gasteiger partial charge in [-0.3, -0.25) is 4.79 Å². The molecule has 2 heterocycles. The van der Waals surface area contributed by atoms with Crippen LogP contribution in [0.25, 0.3) is 0 Å². The first-order valence-electron chi connectivity index (χ1n) is 6.99. The second-order valence-corrected chi connectivity index (χ2v) is 6.44. The van der Waals surface area contributed by atoms with Gasteiger partial charge in [0.15, 0.2) is 0 Å². The van der Waals surface area contributed by atoms with Crippen molar-refractivity contribution in [3.8, 4) is 0 Å². The predicted molar refractivity (Wildman–Crippen MR) is 80.4 cm³/mol. The molecule has 0 spiro atoms. The lowest BCUT2D eigenvalue weighted by Crippen LogP contribution is -2.42. The molecule has 1 aromatic heterocycles. The van der Waals surface area contributed by atoms with Crippen molar-refractivity contribution in [1.29, 1.82) is 0 Å². The number of rotatable bonds is 4. The fourth-order valence-electron chi connectivity index (χ4n) is 2.33. The normalized spacial score (nSPS) is 26.2. The molecule has 1 aliphatic heterocycles. The summed E-state index contributed by atoms with van der Waals surface area (Å²) in [5, 5.41) is 7.71. The van der Waals surface area contributed by atoms with Gasteiger partial charge >= 0.3 is 0 Å². The lowest BCUT2D eigenvalue weighted by Gasteiger charge is -2.30. The molecule has 0 saturated carbocycles. The van der Waals surface area contributed by atoms with Gasteiger partial charge in [0.05, 0.1) is 23.5 Å². The van der Waals surface area contributed by atoms with Gasteiger partial charge in [0, 0.05) is 13.2 Å². The quantitative estimate of drug-likeness (QED) is 0.928. The highest BCUT2D eigenvalue weighted by molar-refractivity contribution is 6.32. The number of halogens is 1. The van der Waals surface area contributed by atoms with Gasteiger partial charge in [0.25, 0.3) is 5.56 Å². The van der Waals surface area contributed by atoms with Crippen molar-refractivity contribution >= 4 is 17.3 Å². The van der Waals surface area contributed by atoms with Crippen LogP contribution < -0.4 is 10.9 Å². The molecule has 2 unspecified atom stereocenters. The summed E-state index contributed by atoms with van der Waals surface area (Å²) in [6.07, 6.45) is 2.57. The van der Waals surface area contributed by atoms with Gasteiger partial charge in [0.1, 0.15) is 5.02 Å². The van der Waals surface area contributed by atoms with Gasteiger partial charge in [-0.25, -0.2) is 4.68 Å². The highest BCUT2D eigenvalue weighted by Crippen LogP contribution is 2.31. The maximum atomic E-state index is 12.2. The maximum absolute atomic E-state index is 12.2. The molecule has 6 heteroatoms. The summed E-state index contributed by atoms with van der Waals surface area (Å²) in [6.45, 7) is 9.43. The Bertz CT molecular complexity index is 544. The molecule has 2 atom stereocenters. The Hall–Kier alpha value is -1.07. The van der Waals surface area contributed by atoms with E-state index in [2.05, 4.69) is 17.3 Å². The number of aromatic nitrogens is 2. The van der Waals surface area contributed by atoms with Crippen molar-refractivity contribution < 1.29 is 4.74 Å². The van der Waals surface area contributed by atoms with E-state index in [1.807, 2.05) is 20.8 Å². The number of nitrogens with zero attached hydrogens (tertiary/aromatic N) is 2. The zero-order valence-corrected chi connectivity index (χ0v) is 13.2. The first-order chi connectivity index (χ1) is 9.33. The number of ether oxygens (including phenoxy) is 1. The van der Waals surface area contributed by atoms with E-state index in [0.29, 0.717) is 24.8 Å². The Morgan fingerprint density at radius 3 is 2.90 bits per heavy atom. The molecule has 0 aliphatic carbocycles. The van der Waals surface area contributed by atoms with Crippen molar-refractivity contribution in [2.24, 2.45) is 5.92 Å². The van der Waals surface area contributed by atoms with Crippen molar-refractivity contribution in [3.63, 3.8) is 0 Å². The van der Waals surface area contributed by atoms with Crippen LogP contribution in [0.5, 0.6) is 0 Å². The summed E-state index contributed by atoms with van der Waals surface area (Å²) in [4.78, 5) is 12.2. The average molecular weight is 300 g/mol. The van der Waals surface area contributed by atoms with Gasteiger partial charge in [-0.2, -0.15) is 5.10 Å². The Morgan fingerprint density at radius 2 is 2.35 bits per heavy atom. The van der Waals surface area contributed by atoms with Gasteiger partial charge in [-0.05, 0) is 26.2 Å². The summed E-state index contributed by atoms with van der Waals surface area (Å²) in [5.41, 5.74) is 0.110. The fourth-order valence-corrected chi connectivity index (χ4v) is 2.53. The summed E-state index contributed by atoms with van der Waals surface area (Å²) in [6, 6.07) is 0. The van der Waals surface area contributed by atoms with Crippen LogP contribution in [-0.4, -0.2) is 28.0 Å². The largest absolute Gasteiger partial charge is 0.376 e. The topological polar surface area (TPSA) is 56.1 Å². The summed E-state index contributed by atoms with van der Waals surface area (Å²) >= 11 is 6.19. The molecule has 1 aromatic rings. The Labute approximate surface area is 124 Å². The SMILES string of the molecule is CC(C)Cn1ncc(NC2(C)CCOC2C)c(Cl)c1=O. The van der Waals surface area contributed by atoms with Gasteiger partial charge < -0.3 is 10.1 Å². The lowest BCUT2D eigenvalue weighted by atomic mass is 9.94. The van der Waals surface area contributed by atoms with Crippen LogP contribution in [0.2, 0.25) is 5.02 Å². The second-order valence-electron chi connectivity index (χ2n) is 6.06. The molecule has 1 N–H and O–H groups in total. The fraction of sp³-hybridized carbons (Fsp3) is 0.714. The van der Waals surface area contributed by atoms with E-state index in [9.17, 15) is 4.79 Å². The molecule has 5 nitrogen and oxygen atoms in total. The molecule has 0 bridgehead atoms. The van der Waals surface area contributed by atoms with Crippen LogP contribution in [0, 0.1) is 5.92 Å². The molecule has 2 rings (SSSR count). The first-order valence-corrected chi connectivity index (χ1v) is 7.36. The van der Waals surface area contributed by atoms with Gasteiger partial charge in [-0.15, -0.1) is 0 Å². The number of hydrogen-bond donors (Lipinski definition) is 1. The van der Waals surface area contributed by atoms with Crippen LogP contribution >= 0.6 is 11.6 Å². The van der Waals surface area contributed by atoms with E-state index in [-0.39, 0.29) is 22.2 Å². The third kappa shape index (κ3) is 2.99. The maximum Gasteiger partial charge on any atom is 0.287 e. The third-order valence-electron chi connectivity index (χ3n) is 3.83. The summed E-state index contributed by atoms with van der Waals surface area (Å²) in [7, 11) is 0. The molecule has 1 saturated heterocycles. The van der Waals surface area contributed by atoms with Crippen LogP contribution in [-0.2, 0) is 11.3 Å². The molecule has 1 aliphatic rings. The monoisotopic (exact) mass is 299 g/mol. The number of nitrogens with one attached hydrogen (secondary N) is 1. The molecule has 20 heavy (non-hydrogen) atoms. The third-order valence-corrected chi connectivity index (χ3v) is 4.19. The number of anilines is 1. The minimum Gasteiger partial charge on any atom is -0.376 e. The van der Waals surface area contributed by atoms with Crippen LogP contribution in [0.4, 0.5) is 5.69 Å². The van der Waals surface area contributed by atoms with Gasteiger partial charge in [-0.1, -0.05) is 25.4 Å². The van der Waals surface area contributed by atoms with E-state index in [4.69, 9.17) is 16.3 Å². The summed E-state index contributed by atoms with van der Waals surface area (Å²) in [5.74, 6) is 0.343. The minimum absolute atomic E-state index is 0.0664. The predicted octanol–water partition coefficient (Wildman–Crippen LogP) is 2.53. The zero-order valence-electron chi connectivity index (χ0n) is 12.4. The second kappa shape index (κ2) is 5.74. The molecule has 1 fully saturated rings.